The third-order valence-corrected chi connectivity index (χ3v) is 4.38. The normalized spacial score (nSPS) is 10.8. The summed E-state index contributed by atoms with van der Waals surface area (Å²) < 4.78 is 5.38. The van der Waals surface area contributed by atoms with E-state index in [1.165, 1.54) is 16.7 Å². The summed E-state index contributed by atoms with van der Waals surface area (Å²) in [6.07, 6.45) is 1.63. The Balaban J connectivity index is 1.72. The number of ether oxygens (including phenoxy) is 1. The van der Waals surface area contributed by atoms with Gasteiger partial charge >= 0.3 is 0 Å². The third kappa shape index (κ3) is 7.01. The minimum Gasteiger partial charge on any atom is -0.494 e. The molecule has 0 atom stereocenters. The van der Waals surface area contributed by atoms with Crippen LogP contribution in [-0.2, 0) is 10.5 Å². The van der Waals surface area contributed by atoms with Crippen molar-refractivity contribution in [1.82, 2.24) is 5.43 Å². The summed E-state index contributed by atoms with van der Waals surface area (Å²) >= 11 is 1.58. The molecule has 25 heavy (non-hydrogen) atoms. The molecular formula is C20H24N2O2S. The highest BCUT2D eigenvalue weighted by Crippen LogP contribution is 2.15. The van der Waals surface area contributed by atoms with Crippen LogP contribution in [0.5, 0.6) is 5.75 Å². The Morgan fingerprint density at radius 1 is 1.16 bits per heavy atom. The average molecular weight is 356 g/mol. The van der Waals surface area contributed by atoms with Gasteiger partial charge in [-0.3, -0.25) is 4.79 Å². The first-order chi connectivity index (χ1) is 12.1. The summed E-state index contributed by atoms with van der Waals surface area (Å²) in [5, 5.41) is 3.99. The lowest BCUT2D eigenvalue weighted by atomic mass is 10.1. The topological polar surface area (TPSA) is 50.7 Å². The smallest absolute Gasteiger partial charge is 0.250 e. The van der Waals surface area contributed by atoms with Crippen molar-refractivity contribution < 1.29 is 9.53 Å². The molecule has 2 aromatic carbocycles. The molecule has 0 aliphatic heterocycles. The average Bonchev–Trinajstić information content (AvgIpc) is 2.56. The van der Waals surface area contributed by atoms with Crippen molar-refractivity contribution >= 4 is 23.9 Å². The Labute approximate surface area is 153 Å². The molecule has 4 nitrogen and oxygen atoms in total. The number of hydrogen-bond donors (Lipinski definition) is 1. The van der Waals surface area contributed by atoms with Gasteiger partial charge in [0.25, 0.3) is 0 Å². The number of hydrogen-bond acceptors (Lipinski definition) is 4. The van der Waals surface area contributed by atoms with Crippen molar-refractivity contribution in [2.45, 2.75) is 26.5 Å². The van der Waals surface area contributed by atoms with Gasteiger partial charge in [-0.15, -0.1) is 11.8 Å². The first-order valence-electron chi connectivity index (χ1n) is 8.26. The molecule has 0 saturated heterocycles. The van der Waals surface area contributed by atoms with Gasteiger partial charge in [0.1, 0.15) is 5.75 Å². The van der Waals surface area contributed by atoms with E-state index in [2.05, 4.69) is 42.6 Å². The minimum atomic E-state index is -0.100. The third-order valence-electron chi connectivity index (χ3n) is 3.38. The van der Waals surface area contributed by atoms with Crippen LogP contribution in [0.25, 0.3) is 0 Å². The fourth-order valence-electron chi connectivity index (χ4n) is 2.44. The van der Waals surface area contributed by atoms with Crippen molar-refractivity contribution in [3.8, 4) is 5.75 Å². The van der Waals surface area contributed by atoms with E-state index in [9.17, 15) is 4.79 Å². The summed E-state index contributed by atoms with van der Waals surface area (Å²) in [5.74, 6) is 1.93. The predicted octanol–water partition coefficient (Wildman–Crippen LogP) is 4.09. The molecule has 2 rings (SSSR count). The maximum Gasteiger partial charge on any atom is 0.250 e. The SMILES string of the molecule is CCOc1ccc(C=NNC(=O)CSCc2cc(C)cc(C)c2)cc1. The molecule has 0 heterocycles. The minimum absolute atomic E-state index is 0.100. The number of hydrazone groups is 1. The highest BCUT2D eigenvalue weighted by atomic mass is 32.2. The predicted molar refractivity (Wildman–Crippen MR) is 105 cm³/mol. The molecule has 0 aromatic heterocycles. The second-order valence-corrected chi connectivity index (χ2v) is 6.77. The van der Waals surface area contributed by atoms with E-state index >= 15 is 0 Å². The Morgan fingerprint density at radius 3 is 2.48 bits per heavy atom. The molecular weight excluding hydrogens is 332 g/mol. The molecule has 0 aliphatic rings. The van der Waals surface area contributed by atoms with E-state index in [-0.39, 0.29) is 5.91 Å². The number of nitrogens with one attached hydrogen (secondary N) is 1. The van der Waals surface area contributed by atoms with Gasteiger partial charge in [0.2, 0.25) is 5.91 Å². The largest absolute Gasteiger partial charge is 0.494 e. The van der Waals surface area contributed by atoms with E-state index in [0.29, 0.717) is 12.4 Å². The number of aryl methyl sites for hydroxylation is 2. The first-order valence-corrected chi connectivity index (χ1v) is 9.42. The lowest BCUT2D eigenvalue weighted by molar-refractivity contribution is -0.118. The zero-order chi connectivity index (χ0) is 18.1. The van der Waals surface area contributed by atoms with Gasteiger partial charge in [-0.1, -0.05) is 29.3 Å². The van der Waals surface area contributed by atoms with Gasteiger partial charge in [-0.25, -0.2) is 5.43 Å². The zero-order valence-corrected chi connectivity index (χ0v) is 15.7. The van der Waals surface area contributed by atoms with Crippen LogP contribution < -0.4 is 10.2 Å². The fourth-order valence-corrected chi connectivity index (χ4v) is 3.20. The Kier molecular flexibility index (Phi) is 7.54. The molecule has 2 aromatic rings. The molecule has 1 amide bonds. The van der Waals surface area contributed by atoms with Gasteiger partial charge in [0, 0.05) is 5.75 Å². The second-order valence-electron chi connectivity index (χ2n) is 5.78. The second kappa shape index (κ2) is 9.89. The van der Waals surface area contributed by atoms with E-state index in [1.54, 1.807) is 18.0 Å². The van der Waals surface area contributed by atoms with Crippen molar-refractivity contribution in [1.29, 1.82) is 0 Å². The highest BCUT2D eigenvalue weighted by molar-refractivity contribution is 7.99. The van der Waals surface area contributed by atoms with Gasteiger partial charge in [-0.05, 0) is 56.2 Å². The molecule has 0 bridgehead atoms. The van der Waals surface area contributed by atoms with Gasteiger partial charge in [-0.2, -0.15) is 5.10 Å². The molecule has 0 saturated carbocycles. The standard InChI is InChI=1S/C20H24N2O2S/c1-4-24-19-7-5-17(6-8-19)12-21-22-20(23)14-25-13-18-10-15(2)9-16(3)11-18/h5-12H,4,13-14H2,1-3H3,(H,22,23). The van der Waals surface area contributed by atoms with Crippen LogP contribution in [-0.4, -0.2) is 24.5 Å². The van der Waals surface area contributed by atoms with Crippen molar-refractivity contribution in [3.63, 3.8) is 0 Å². The van der Waals surface area contributed by atoms with Crippen LogP contribution in [0.1, 0.15) is 29.2 Å². The van der Waals surface area contributed by atoms with Crippen LogP contribution >= 0.6 is 11.8 Å². The van der Waals surface area contributed by atoms with E-state index < -0.39 is 0 Å². The maximum atomic E-state index is 11.8. The van der Waals surface area contributed by atoms with Gasteiger partial charge < -0.3 is 4.74 Å². The number of carbonyl (C=O) groups is 1. The summed E-state index contributed by atoms with van der Waals surface area (Å²) in [6, 6.07) is 14.0. The number of nitrogens with zero attached hydrogens (tertiary/aromatic N) is 1. The van der Waals surface area contributed by atoms with Crippen molar-refractivity contribution in [3.05, 3.63) is 64.7 Å². The molecule has 0 spiro atoms. The van der Waals surface area contributed by atoms with Crippen molar-refractivity contribution in [2.24, 2.45) is 5.10 Å². The van der Waals surface area contributed by atoms with Crippen LogP contribution in [0.3, 0.4) is 0 Å². The Hall–Kier alpha value is -2.27. The fraction of sp³-hybridized carbons (Fsp3) is 0.300. The lowest BCUT2D eigenvalue weighted by Gasteiger charge is -2.05. The summed E-state index contributed by atoms with van der Waals surface area (Å²) in [5.41, 5.74) is 7.21. The van der Waals surface area contributed by atoms with Crippen LogP contribution in [0.2, 0.25) is 0 Å². The van der Waals surface area contributed by atoms with E-state index in [1.807, 2.05) is 31.2 Å². The summed E-state index contributed by atoms with van der Waals surface area (Å²) in [6.45, 7) is 6.76. The van der Waals surface area contributed by atoms with E-state index in [0.717, 1.165) is 17.1 Å². The van der Waals surface area contributed by atoms with Crippen LogP contribution in [0.15, 0.2) is 47.6 Å². The Morgan fingerprint density at radius 2 is 1.84 bits per heavy atom. The highest BCUT2D eigenvalue weighted by Gasteiger charge is 2.02. The summed E-state index contributed by atoms with van der Waals surface area (Å²) in [7, 11) is 0. The molecule has 0 aliphatic carbocycles. The quantitative estimate of drug-likeness (QED) is 0.573. The van der Waals surface area contributed by atoms with E-state index in [4.69, 9.17) is 4.74 Å². The van der Waals surface area contributed by atoms with Crippen molar-refractivity contribution in [2.75, 3.05) is 12.4 Å². The zero-order valence-electron chi connectivity index (χ0n) is 14.9. The number of thioether (sulfide) groups is 1. The van der Waals surface area contributed by atoms with Crippen LogP contribution in [0.4, 0.5) is 0 Å². The number of amides is 1. The molecule has 0 radical (unpaired) electrons. The monoisotopic (exact) mass is 356 g/mol. The van der Waals surface area contributed by atoms with Gasteiger partial charge in [0.05, 0.1) is 18.6 Å². The molecule has 1 N–H and O–H groups in total. The molecule has 0 unspecified atom stereocenters. The molecule has 132 valence electrons. The molecule has 0 fully saturated rings. The number of carbonyl (C=O) groups excluding carboxylic acids is 1. The number of benzene rings is 2. The van der Waals surface area contributed by atoms with Gasteiger partial charge in [0.15, 0.2) is 0 Å². The molecule has 5 heteroatoms. The summed E-state index contributed by atoms with van der Waals surface area (Å²) in [4.78, 5) is 11.8. The number of rotatable bonds is 8. The lowest BCUT2D eigenvalue weighted by Crippen LogP contribution is -2.19. The maximum absolute atomic E-state index is 11.8. The Bertz CT molecular complexity index is 707. The van der Waals surface area contributed by atoms with Crippen LogP contribution in [0, 0.1) is 13.8 Å². The first kappa shape index (κ1) is 19.1.